The van der Waals surface area contributed by atoms with E-state index in [9.17, 15) is 0 Å². The van der Waals surface area contributed by atoms with Gasteiger partial charge in [0.15, 0.2) is 0 Å². The first-order valence-corrected chi connectivity index (χ1v) is 6.51. The fourth-order valence-corrected chi connectivity index (χ4v) is 1.72. The van der Waals surface area contributed by atoms with Crippen molar-refractivity contribution < 1.29 is 4.74 Å². The molecular formula is C17H22N2O. The summed E-state index contributed by atoms with van der Waals surface area (Å²) < 4.78 is 5.01. The van der Waals surface area contributed by atoms with Crippen molar-refractivity contribution in [1.82, 2.24) is 0 Å². The maximum atomic E-state index is 5.57. The molecule has 2 rings (SSSR count). The molecule has 0 amide bonds. The van der Waals surface area contributed by atoms with Gasteiger partial charge < -0.3 is 16.2 Å². The Morgan fingerprint density at radius 2 is 2.10 bits per heavy atom. The predicted molar refractivity (Wildman–Crippen MR) is 86.7 cm³/mol. The summed E-state index contributed by atoms with van der Waals surface area (Å²) in [6.45, 7) is 3.58. The molecule has 0 bridgehead atoms. The molecule has 0 heterocycles. The predicted octanol–water partition coefficient (Wildman–Crippen LogP) is 3.62. The zero-order chi connectivity index (χ0) is 14.8. The Bertz CT molecular complexity index is 528. The Kier molecular flexibility index (Phi) is 6.76. The molecule has 0 aromatic heterocycles. The van der Waals surface area contributed by atoms with Crippen molar-refractivity contribution in [1.29, 1.82) is 0 Å². The van der Waals surface area contributed by atoms with Crippen LogP contribution >= 0.6 is 0 Å². The number of ether oxygens (including phenoxy) is 1. The Hall–Kier alpha value is -2.42. The second-order valence-electron chi connectivity index (χ2n) is 4.29. The molecule has 1 aliphatic carbocycles. The highest BCUT2D eigenvalue weighted by Gasteiger charge is 2.03. The second-order valence-corrected chi connectivity index (χ2v) is 4.29. The minimum absolute atomic E-state index is 0.767. The molecule has 1 aromatic carbocycles. The lowest BCUT2D eigenvalue weighted by Crippen LogP contribution is -2.04. The van der Waals surface area contributed by atoms with E-state index in [0.717, 1.165) is 35.5 Å². The van der Waals surface area contributed by atoms with Crippen LogP contribution in [0.1, 0.15) is 18.4 Å². The van der Waals surface area contributed by atoms with Gasteiger partial charge in [0.2, 0.25) is 0 Å². The summed E-state index contributed by atoms with van der Waals surface area (Å²) in [7, 11) is 1.65. The van der Waals surface area contributed by atoms with E-state index in [1.54, 1.807) is 13.2 Å². The highest BCUT2D eigenvalue weighted by Crippen LogP contribution is 2.14. The standard InChI is InChI=1S/C10H11N.C7H11NO/c1-2-3-5-9-6-4-7-10(11)8-9;1-9-7-5-3-2-4-6(7)8/h2-8H,1,11H2;2,4H,3,5,8H2,1H3/b5-3-;. The molecule has 0 fully saturated rings. The van der Waals surface area contributed by atoms with Gasteiger partial charge in [0.25, 0.3) is 0 Å². The summed E-state index contributed by atoms with van der Waals surface area (Å²) in [5, 5.41) is 0. The minimum Gasteiger partial charge on any atom is -0.499 e. The zero-order valence-corrected chi connectivity index (χ0v) is 11.9. The quantitative estimate of drug-likeness (QED) is 0.651. The Morgan fingerprint density at radius 3 is 2.65 bits per heavy atom. The van der Waals surface area contributed by atoms with Crippen LogP contribution in [-0.4, -0.2) is 7.11 Å². The van der Waals surface area contributed by atoms with E-state index in [1.165, 1.54) is 0 Å². The van der Waals surface area contributed by atoms with Gasteiger partial charge in [-0.05, 0) is 30.2 Å². The smallest absolute Gasteiger partial charge is 0.119 e. The molecule has 0 unspecified atom stereocenters. The highest BCUT2D eigenvalue weighted by molar-refractivity contribution is 5.56. The first kappa shape index (κ1) is 15.6. The third kappa shape index (κ3) is 5.48. The van der Waals surface area contributed by atoms with Crippen molar-refractivity contribution in [3.63, 3.8) is 0 Å². The molecule has 106 valence electrons. The van der Waals surface area contributed by atoms with Crippen LogP contribution < -0.4 is 11.5 Å². The fourth-order valence-electron chi connectivity index (χ4n) is 1.72. The molecule has 0 radical (unpaired) electrons. The molecule has 3 heteroatoms. The molecule has 1 aromatic rings. The third-order valence-corrected chi connectivity index (χ3v) is 2.74. The molecule has 20 heavy (non-hydrogen) atoms. The number of hydrogen-bond donors (Lipinski definition) is 2. The van der Waals surface area contributed by atoms with E-state index >= 15 is 0 Å². The molecule has 0 aliphatic heterocycles. The van der Waals surface area contributed by atoms with Crippen molar-refractivity contribution in [3.05, 3.63) is 72.2 Å². The SMILES string of the molecule is C=C/C=C\c1cccc(N)c1.COC1=C(N)C=CCC1. The Balaban J connectivity index is 0.000000204. The summed E-state index contributed by atoms with van der Waals surface area (Å²) in [4.78, 5) is 0. The van der Waals surface area contributed by atoms with Gasteiger partial charge >= 0.3 is 0 Å². The van der Waals surface area contributed by atoms with Gasteiger partial charge in [0.05, 0.1) is 12.8 Å². The Morgan fingerprint density at radius 1 is 1.30 bits per heavy atom. The average Bonchev–Trinajstić information content (AvgIpc) is 2.46. The van der Waals surface area contributed by atoms with Gasteiger partial charge in [-0.1, -0.05) is 43.0 Å². The lowest BCUT2D eigenvalue weighted by Gasteiger charge is -2.10. The summed E-state index contributed by atoms with van der Waals surface area (Å²) in [6.07, 6.45) is 11.5. The van der Waals surface area contributed by atoms with Crippen molar-refractivity contribution in [2.75, 3.05) is 12.8 Å². The number of benzene rings is 1. The van der Waals surface area contributed by atoms with Gasteiger partial charge in [-0.15, -0.1) is 0 Å². The van der Waals surface area contributed by atoms with Crippen molar-refractivity contribution in [2.45, 2.75) is 12.8 Å². The lowest BCUT2D eigenvalue weighted by molar-refractivity contribution is 0.272. The Labute approximate surface area is 120 Å². The van der Waals surface area contributed by atoms with E-state index in [-0.39, 0.29) is 0 Å². The maximum Gasteiger partial charge on any atom is 0.119 e. The monoisotopic (exact) mass is 270 g/mol. The van der Waals surface area contributed by atoms with Crippen LogP contribution in [0.5, 0.6) is 0 Å². The van der Waals surface area contributed by atoms with Crippen LogP contribution in [0.4, 0.5) is 5.69 Å². The van der Waals surface area contributed by atoms with Gasteiger partial charge in [-0.2, -0.15) is 0 Å². The normalized spacial score (nSPS) is 13.8. The van der Waals surface area contributed by atoms with Crippen molar-refractivity contribution in [3.8, 4) is 0 Å². The first-order valence-electron chi connectivity index (χ1n) is 6.51. The van der Waals surface area contributed by atoms with Crippen LogP contribution in [0.3, 0.4) is 0 Å². The maximum absolute atomic E-state index is 5.57. The molecule has 0 saturated carbocycles. The van der Waals surface area contributed by atoms with Crippen LogP contribution in [-0.2, 0) is 4.74 Å². The number of methoxy groups -OCH3 is 1. The van der Waals surface area contributed by atoms with Crippen LogP contribution in [0.15, 0.2) is 66.6 Å². The summed E-state index contributed by atoms with van der Waals surface area (Å²) in [5.41, 5.74) is 13.8. The fraction of sp³-hybridized carbons (Fsp3) is 0.176. The highest BCUT2D eigenvalue weighted by atomic mass is 16.5. The zero-order valence-electron chi connectivity index (χ0n) is 11.9. The van der Waals surface area contributed by atoms with Crippen molar-refractivity contribution in [2.24, 2.45) is 5.73 Å². The summed E-state index contributed by atoms with van der Waals surface area (Å²) >= 11 is 0. The lowest BCUT2D eigenvalue weighted by atomic mass is 10.1. The van der Waals surface area contributed by atoms with E-state index in [2.05, 4.69) is 12.7 Å². The number of hydrogen-bond acceptors (Lipinski definition) is 3. The van der Waals surface area contributed by atoms with E-state index in [4.69, 9.17) is 16.2 Å². The van der Waals surface area contributed by atoms with Gasteiger partial charge in [0.1, 0.15) is 5.76 Å². The van der Waals surface area contributed by atoms with Gasteiger partial charge in [-0.3, -0.25) is 0 Å². The largest absolute Gasteiger partial charge is 0.499 e. The molecular weight excluding hydrogens is 248 g/mol. The molecule has 0 spiro atoms. The van der Waals surface area contributed by atoms with E-state index in [0.29, 0.717) is 0 Å². The summed E-state index contributed by atoms with van der Waals surface area (Å²) in [6, 6.07) is 7.71. The topological polar surface area (TPSA) is 61.3 Å². The third-order valence-electron chi connectivity index (χ3n) is 2.74. The van der Waals surface area contributed by atoms with E-state index < -0.39 is 0 Å². The van der Waals surface area contributed by atoms with Crippen LogP contribution in [0.25, 0.3) is 6.08 Å². The molecule has 4 N–H and O–H groups in total. The van der Waals surface area contributed by atoms with E-state index in [1.807, 2.05) is 42.5 Å². The number of nitrogen functional groups attached to an aromatic ring is 1. The molecule has 0 atom stereocenters. The number of nitrogens with two attached hydrogens (primary N) is 2. The summed E-state index contributed by atoms with van der Waals surface area (Å²) in [5.74, 6) is 0.914. The second kappa shape index (κ2) is 8.64. The van der Waals surface area contributed by atoms with Crippen LogP contribution in [0, 0.1) is 0 Å². The number of allylic oxidation sites excluding steroid dienone is 5. The molecule has 0 saturated heterocycles. The molecule has 3 nitrogen and oxygen atoms in total. The first-order chi connectivity index (χ1) is 9.67. The van der Waals surface area contributed by atoms with Crippen molar-refractivity contribution >= 4 is 11.8 Å². The van der Waals surface area contributed by atoms with Crippen LogP contribution in [0.2, 0.25) is 0 Å². The minimum atomic E-state index is 0.767. The van der Waals surface area contributed by atoms with Gasteiger partial charge in [-0.25, -0.2) is 0 Å². The number of anilines is 1. The van der Waals surface area contributed by atoms with Gasteiger partial charge in [0, 0.05) is 12.1 Å². The number of rotatable bonds is 3. The molecule has 1 aliphatic rings. The average molecular weight is 270 g/mol.